The van der Waals surface area contributed by atoms with Gasteiger partial charge in [0.15, 0.2) is 0 Å². The largest absolute Gasteiger partial charge is 0.433 e. The van der Waals surface area contributed by atoms with Gasteiger partial charge in [0.2, 0.25) is 11.8 Å². The van der Waals surface area contributed by atoms with Crippen LogP contribution in [0.5, 0.6) is 5.88 Å². The van der Waals surface area contributed by atoms with E-state index in [0.717, 1.165) is 32.0 Å². The molecule has 2 fully saturated rings. The van der Waals surface area contributed by atoms with E-state index in [-0.39, 0.29) is 42.4 Å². The van der Waals surface area contributed by atoms with Crippen LogP contribution in [0.3, 0.4) is 0 Å². The van der Waals surface area contributed by atoms with Crippen molar-refractivity contribution in [2.45, 2.75) is 32.1 Å². The molecule has 11 heteroatoms. The second kappa shape index (κ2) is 7.51. The van der Waals surface area contributed by atoms with Crippen LogP contribution in [0.2, 0.25) is 0 Å². The highest BCUT2D eigenvalue weighted by atomic mass is 35.5. The maximum absolute atomic E-state index is 12.8. The highest BCUT2D eigenvalue weighted by Gasteiger charge is 2.45. The zero-order valence-corrected chi connectivity index (χ0v) is 14.3. The number of carbonyl (C=O) groups excluding carboxylic acids is 1. The molecule has 2 aliphatic rings. The number of hydrogen-bond acceptors (Lipinski definition) is 4. The Morgan fingerprint density at radius 3 is 2.46 bits per heavy atom. The molecule has 0 aromatic carbocycles. The monoisotopic (exact) mass is 401 g/mol. The normalized spacial score (nSPS) is 19.8. The predicted molar refractivity (Wildman–Crippen MR) is 84.6 cm³/mol. The molecule has 1 aromatic heterocycles. The second-order valence-electron chi connectivity index (χ2n) is 6.30. The minimum atomic E-state index is -4.80. The Morgan fingerprint density at radius 2 is 1.88 bits per heavy atom. The van der Waals surface area contributed by atoms with Crippen molar-refractivity contribution in [2.24, 2.45) is 5.41 Å². The summed E-state index contributed by atoms with van der Waals surface area (Å²) in [5.41, 5.74) is -1.81. The number of nitrogens with one attached hydrogen (secondary N) is 1. The number of anilines is 1. The fourth-order valence-electron chi connectivity index (χ4n) is 3.37. The molecular weight excluding hydrogens is 385 g/mol. The van der Waals surface area contributed by atoms with E-state index >= 15 is 0 Å². The van der Waals surface area contributed by atoms with Crippen molar-refractivity contribution < 1.29 is 31.5 Å². The molecule has 1 amide bonds. The highest BCUT2D eigenvalue weighted by molar-refractivity contribution is 5.97. The average Bonchev–Trinajstić information content (AvgIpc) is 2.82. The lowest BCUT2D eigenvalue weighted by atomic mass is 9.78. The molecular formula is C15H17ClF5N3O2. The standard InChI is InChI=1S/C15H16F5N3O2.ClH/c16-13(17)25-12-9(1-2-10(22-12)15(18,19)20)23-8-14(7-11(23)24)3-5-21-6-4-14;/h1-2,13,21H,3-8H2;1H. The number of carbonyl (C=O) groups is 1. The number of ether oxygens (including phenoxy) is 1. The van der Waals surface area contributed by atoms with Crippen molar-refractivity contribution in [1.29, 1.82) is 0 Å². The van der Waals surface area contributed by atoms with E-state index < -0.39 is 24.4 Å². The molecule has 0 saturated carbocycles. The van der Waals surface area contributed by atoms with Gasteiger partial charge in [-0.2, -0.15) is 22.0 Å². The van der Waals surface area contributed by atoms with Gasteiger partial charge in [-0.05, 0) is 43.5 Å². The molecule has 3 rings (SSSR count). The van der Waals surface area contributed by atoms with E-state index in [0.29, 0.717) is 6.07 Å². The molecule has 0 radical (unpaired) electrons. The van der Waals surface area contributed by atoms with Gasteiger partial charge >= 0.3 is 12.8 Å². The summed E-state index contributed by atoms with van der Waals surface area (Å²) in [7, 11) is 0. The summed E-state index contributed by atoms with van der Waals surface area (Å²) in [6.45, 7) is -1.64. The Kier molecular flexibility index (Phi) is 5.96. The summed E-state index contributed by atoms with van der Waals surface area (Å²) in [6, 6.07) is 1.62. The van der Waals surface area contributed by atoms with Crippen LogP contribution in [0.1, 0.15) is 25.0 Å². The number of aromatic nitrogens is 1. The van der Waals surface area contributed by atoms with Crippen molar-refractivity contribution in [3.63, 3.8) is 0 Å². The van der Waals surface area contributed by atoms with E-state index in [1.54, 1.807) is 0 Å². The van der Waals surface area contributed by atoms with Crippen LogP contribution in [0.25, 0.3) is 0 Å². The van der Waals surface area contributed by atoms with E-state index in [1.807, 2.05) is 0 Å². The molecule has 3 heterocycles. The summed E-state index contributed by atoms with van der Waals surface area (Å²) < 4.78 is 67.7. The number of halogens is 6. The molecule has 5 nitrogen and oxygen atoms in total. The first kappa shape index (κ1) is 20.6. The molecule has 0 atom stereocenters. The topological polar surface area (TPSA) is 54.5 Å². The van der Waals surface area contributed by atoms with Crippen LogP contribution in [-0.4, -0.2) is 37.1 Å². The number of rotatable bonds is 3. The number of piperidine rings is 1. The first-order valence-electron chi connectivity index (χ1n) is 7.74. The van der Waals surface area contributed by atoms with Gasteiger partial charge in [-0.1, -0.05) is 0 Å². The van der Waals surface area contributed by atoms with Crippen molar-refractivity contribution in [3.05, 3.63) is 17.8 Å². The second-order valence-corrected chi connectivity index (χ2v) is 6.30. The van der Waals surface area contributed by atoms with Gasteiger partial charge in [-0.25, -0.2) is 4.98 Å². The van der Waals surface area contributed by atoms with E-state index in [4.69, 9.17) is 0 Å². The van der Waals surface area contributed by atoms with Crippen molar-refractivity contribution in [2.75, 3.05) is 24.5 Å². The van der Waals surface area contributed by atoms with Crippen LogP contribution in [0, 0.1) is 5.41 Å². The van der Waals surface area contributed by atoms with E-state index in [2.05, 4.69) is 15.0 Å². The van der Waals surface area contributed by atoms with Crippen LogP contribution in [0.15, 0.2) is 12.1 Å². The van der Waals surface area contributed by atoms with Crippen molar-refractivity contribution >= 4 is 24.0 Å². The lowest BCUT2D eigenvalue weighted by Crippen LogP contribution is -2.38. The third-order valence-corrected chi connectivity index (χ3v) is 4.61. The highest BCUT2D eigenvalue weighted by Crippen LogP contribution is 2.44. The molecule has 1 aromatic rings. The SMILES string of the molecule is Cl.O=C1CC2(CCNCC2)CN1c1ccc(C(F)(F)F)nc1OC(F)F. The zero-order chi connectivity index (χ0) is 18.2. The Bertz CT molecular complexity index is 665. The molecule has 2 aliphatic heterocycles. The summed E-state index contributed by atoms with van der Waals surface area (Å²) in [4.78, 5) is 16.7. The quantitative estimate of drug-likeness (QED) is 0.790. The van der Waals surface area contributed by atoms with Crippen LogP contribution in [0.4, 0.5) is 27.6 Å². The minimum absolute atomic E-state index is 0. The van der Waals surface area contributed by atoms with Crippen molar-refractivity contribution in [3.8, 4) is 5.88 Å². The molecule has 146 valence electrons. The van der Waals surface area contributed by atoms with Crippen LogP contribution < -0.4 is 15.0 Å². The zero-order valence-electron chi connectivity index (χ0n) is 13.5. The third kappa shape index (κ3) is 4.17. The maximum atomic E-state index is 12.8. The van der Waals surface area contributed by atoms with Gasteiger partial charge < -0.3 is 15.0 Å². The van der Waals surface area contributed by atoms with Gasteiger partial charge in [0.1, 0.15) is 11.4 Å². The Hall–Kier alpha value is -1.68. The molecule has 0 unspecified atom stereocenters. The lowest BCUT2D eigenvalue weighted by molar-refractivity contribution is -0.142. The van der Waals surface area contributed by atoms with Crippen LogP contribution >= 0.6 is 12.4 Å². The number of amides is 1. The Balaban J connectivity index is 0.00000243. The molecule has 1 spiro atoms. The fourth-order valence-corrected chi connectivity index (χ4v) is 3.37. The number of alkyl halides is 5. The first-order valence-corrected chi connectivity index (χ1v) is 7.74. The first-order chi connectivity index (χ1) is 11.7. The summed E-state index contributed by atoms with van der Waals surface area (Å²) in [6.07, 6.45) is -3.11. The van der Waals surface area contributed by atoms with Gasteiger partial charge in [0.25, 0.3) is 0 Å². The van der Waals surface area contributed by atoms with Gasteiger partial charge in [-0.3, -0.25) is 4.79 Å². The predicted octanol–water partition coefficient (Wildman–Crippen LogP) is 3.23. The summed E-state index contributed by atoms with van der Waals surface area (Å²) in [5, 5.41) is 3.18. The van der Waals surface area contributed by atoms with Gasteiger partial charge in [-0.15, -0.1) is 12.4 Å². The smallest absolute Gasteiger partial charge is 0.415 e. The fraction of sp³-hybridized carbons (Fsp3) is 0.600. The molecule has 1 N–H and O–H groups in total. The Morgan fingerprint density at radius 1 is 1.23 bits per heavy atom. The van der Waals surface area contributed by atoms with E-state index in [9.17, 15) is 26.7 Å². The number of hydrogen-bond donors (Lipinski definition) is 1. The van der Waals surface area contributed by atoms with Gasteiger partial charge in [0, 0.05) is 13.0 Å². The average molecular weight is 402 g/mol. The summed E-state index contributed by atoms with van der Waals surface area (Å²) >= 11 is 0. The molecule has 0 bridgehead atoms. The molecule has 2 saturated heterocycles. The minimum Gasteiger partial charge on any atom is -0.415 e. The summed E-state index contributed by atoms with van der Waals surface area (Å²) in [5.74, 6) is -1.22. The van der Waals surface area contributed by atoms with E-state index in [1.165, 1.54) is 4.90 Å². The third-order valence-electron chi connectivity index (χ3n) is 4.61. The number of nitrogens with zero attached hydrogens (tertiary/aromatic N) is 2. The molecule has 26 heavy (non-hydrogen) atoms. The lowest BCUT2D eigenvalue weighted by Gasteiger charge is -2.33. The van der Waals surface area contributed by atoms with Crippen molar-refractivity contribution in [1.82, 2.24) is 10.3 Å². The Labute approximate surface area is 152 Å². The molecule has 0 aliphatic carbocycles. The van der Waals surface area contributed by atoms with Crippen LogP contribution in [-0.2, 0) is 11.0 Å². The van der Waals surface area contributed by atoms with Gasteiger partial charge in [0.05, 0.1) is 0 Å². The number of pyridine rings is 1. The maximum Gasteiger partial charge on any atom is 0.433 e.